The van der Waals surface area contributed by atoms with E-state index < -0.39 is 12.2 Å². The van der Waals surface area contributed by atoms with E-state index in [-0.39, 0.29) is 11.9 Å². The molecule has 7 nitrogen and oxygen atoms in total. The molecule has 0 bridgehead atoms. The monoisotopic (exact) mass is 268 g/mol. The molecule has 1 fully saturated rings. The number of hydrogen-bond acceptors (Lipinski definition) is 5. The Morgan fingerprint density at radius 2 is 2.21 bits per heavy atom. The summed E-state index contributed by atoms with van der Waals surface area (Å²) >= 11 is 0. The number of ether oxygens (including phenoxy) is 1. The quantitative estimate of drug-likeness (QED) is 0.754. The third-order valence-electron chi connectivity index (χ3n) is 3.20. The van der Waals surface area contributed by atoms with Gasteiger partial charge in [0.15, 0.2) is 12.2 Å². The Hall–Kier alpha value is -1.63. The fourth-order valence-electron chi connectivity index (χ4n) is 2.36. The number of urea groups is 1. The Labute approximate surface area is 112 Å². The van der Waals surface area contributed by atoms with Gasteiger partial charge in [-0.05, 0) is 5.92 Å². The summed E-state index contributed by atoms with van der Waals surface area (Å²) in [5.74, 6) is 0.0337. The summed E-state index contributed by atoms with van der Waals surface area (Å²) in [5.41, 5.74) is 0. The van der Waals surface area contributed by atoms with Crippen LogP contribution in [0.4, 0.5) is 4.79 Å². The average Bonchev–Trinajstić information content (AvgIpc) is 2.75. The molecule has 0 spiro atoms. The van der Waals surface area contributed by atoms with Gasteiger partial charge in [0.2, 0.25) is 0 Å². The summed E-state index contributed by atoms with van der Waals surface area (Å²) < 4.78 is 5.02. The minimum Gasteiger partial charge on any atom is -0.383 e. The zero-order valence-corrected chi connectivity index (χ0v) is 11.5. The smallest absolute Gasteiger partial charge is 0.325 e. The number of nitrogens with zero attached hydrogens (tertiary/aromatic N) is 3. The molecule has 2 aliphatic rings. The van der Waals surface area contributed by atoms with Crippen LogP contribution in [-0.4, -0.2) is 67.1 Å². The van der Waals surface area contributed by atoms with Gasteiger partial charge in [-0.1, -0.05) is 13.8 Å². The minimum atomic E-state index is -0.438. The SMILES string of the molecule is COCCN1C=NC2C1C(=O)NC(=O)N2CC(C)C. The predicted molar refractivity (Wildman–Crippen MR) is 69.7 cm³/mol. The Morgan fingerprint density at radius 3 is 2.84 bits per heavy atom. The van der Waals surface area contributed by atoms with Gasteiger partial charge in [-0.25, -0.2) is 9.79 Å². The van der Waals surface area contributed by atoms with Crippen molar-refractivity contribution in [1.29, 1.82) is 0 Å². The second-order valence-electron chi connectivity index (χ2n) is 5.19. The number of carbonyl (C=O) groups excluding carboxylic acids is 2. The number of carbonyl (C=O) groups is 2. The summed E-state index contributed by atoms with van der Waals surface area (Å²) in [6.45, 7) is 5.73. The number of imide groups is 1. The largest absolute Gasteiger partial charge is 0.383 e. The molecule has 2 aliphatic heterocycles. The normalized spacial score (nSPS) is 26.1. The molecule has 1 saturated heterocycles. The topological polar surface area (TPSA) is 74.2 Å². The molecule has 2 unspecified atom stereocenters. The molecular formula is C12H20N4O3. The van der Waals surface area contributed by atoms with Crippen molar-refractivity contribution in [2.45, 2.75) is 26.1 Å². The van der Waals surface area contributed by atoms with Crippen molar-refractivity contribution < 1.29 is 14.3 Å². The zero-order valence-electron chi connectivity index (χ0n) is 11.5. The van der Waals surface area contributed by atoms with Gasteiger partial charge >= 0.3 is 6.03 Å². The maximum atomic E-state index is 12.0. The van der Waals surface area contributed by atoms with Gasteiger partial charge in [-0.15, -0.1) is 0 Å². The lowest BCUT2D eigenvalue weighted by molar-refractivity contribution is -0.127. The number of aliphatic imine (C=N–C) groups is 1. The van der Waals surface area contributed by atoms with Crippen molar-refractivity contribution in [2.75, 3.05) is 26.8 Å². The maximum absolute atomic E-state index is 12.0. The molecule has 2 atom stereocenters. The van der Waals surface area contributed by atoms with Crippen LogP contribution < -0.4 is 5.32 Å². The summed E-state index contributed by atoms with van der Waals surface area (Å²) in [7, 11) is 1.61. The summed E-state index contributed by atoms with van der Waals surface area (Å²) in [6, 6.07) is -0.794. The van der Waals surface area contributed by atoms with Crippen LogP contribution >= 0.6 is 0 Å². The van der Waals surface area contributed by atoms with E-state index in [0.29, 0.717) is 25.6 Å². The highest BCUT2D eigenvalue weighted by molar-refractivity contribution is 6.02. The van der Waals surface area contributed by atoms with Crippen LogP contribution in [0.25, 0.3) is 0 Å². The first-order valence-electron chi connectivity index (χ1n) is 6.44. The fraction of sp³-hybridized carbons (Fsp3) is 0.750. The van der Waals surface area contributed by atoms with E-state index in [1.807, 2.05) is 18.7 Å². The second kappa shape index (κ2) is 5.56. The lowest BCUT2D eigenvalue weighted by Crippen LogP contribution is -2.65. The average molecular weight is 268 g/mol. The molecule has 2 rings (SSSR count). The molecule has 106 valence electrons. The first-order chi connectivity index (χ1) is 9.04. The van der Waals surface area contributed by atoms with E-state index in [1.54, 1.807) is 18.3 Å². The van der Waals surface area contributed by atoms with Crippen molar-refractivity contribution in [3.05, 3.63) is 0 Å². The summed E-state index contributed by atoms with van der Waals surface area (Å²) in [6.07, 6.45) is 1.22. The Bertz CT molecular complexity index is 396. The fourth-order valence-corrected chi connectivity index (χ4v) is 2.36. The molecule has 0 aromatic rings. The highest BCUT2D eigenvalue weighted by Gasteiger charge is 2.46. The van der Waals surface area contributed by atoms with E-state index >= 15 is 0 Å². The van der Waals surface area contributed by atoms with E-state index in [2.05, 4.69) is 10.3 Å². The third-order valence-corrected chi connectivity index (χ3v) is 3.20. The van der Waals surface area contributed by atoms with Gasteiger partial charge in [0.1, 0.15) is 0 Å². The Morgan fingerprint density at radius 1 is 1.47 bits per heavy atom. The summed E-state index contributed by atoms with van der Waals surface area (Å²) in [5, 5.41) is 2.40. The van der Waals surface area contributed by atoms with E-state index in [1.165, 1.54) is 0 Å². The molecule has 0 aromatic heterocycles. The Balaban J connectivity index is 2.13. The first-order valence-corrected chi connectivity index (χ1v) is 6.44. The molecule has 0 saturated carbocycles. The Kier molecular flexibility index (Phi) is 4.04. The number of fused-ring (bicyclic) bond motifs is 1. The standard InChI is InChI=1S/C12H20N4O3/c1-8(2)6-16-10-9(11(17)14-12(16)18)15(7-13-10)4-5-19-3/h7-10H,4-6H2,1-3H3,(H,14,17,18). The molecule has 0 aromatic carbocycles. The molecular weight excluding hydrogens is 248 g/mol. The lowest BCUT2D eigenvalue weighted by atomic mass is 10.1. The molecule has 2 heterocycles. The van der Waals surface area contributed by atoms with Crippen LogP contribution in [0.3, 0.4) is 0 Å². The van der Waals surface area contributed by atoms with Crippen molar-refractivity contribution in [3.63, 3.8) is 0 Å². The van der Waals surface area contributed by atoms with Gasteiger partial charge < -0.3 is 9.64 Å². The van der Waals surface area contributed by atoms with E-state index in [9.17, 15) is 9.59 Å². The predicted octanol–water partition coefficient (Wildman–Crippen LogP) is -0.121. The van der Waals surface area contributed by atoms with Gasteiger partial charge in [0, 0.05) is 20.2 Å². The molecule has 19 heavy (non-hydrogen) atoms. The molecule has 0 radical (unpaired) electrons. The second-order valence-corrected chi connectivity index (χ2v) is 5.19. The number of methoxy groups -OCH3 is 1. The first kappa shape index (κ1) is 13.8. The van der Waals surface area contributed by atoms with Gasteiger partial charge in [-0.3, -0.25) is 15.0 Å². The van der Waals surface area contributed by atoms with Crippen LogP contribution in [0.2, 0.25) is 0 Å². The van der Waals surface area contributed by atoms with E-state index in [4.69, 9.17) is 4.74 Å². The molecule has 3 amide bonds. The third kappa shape index (κ3) is 2.70. The number of rotatable bonds is 5. The molecule has 7 heteroatoms. The van der Waals surface area contributed by atoms with Crippen molar-refractivity contribution in [3.8, 4) is 0 Å². The van der Waals surface area contributed by atoms with Gasteiger partial charge in [-0.2, -0.15) is 0 Å². The van der Waals surface area contributed by atoms with Crippen molar-refractivity contribution in [2.24, 2.45) is 10.9 Å². The highest BCUT2D eigenvalue weighted by atomic mass is 16.5. The van der Waals surface area contributed by atoms with Gasteiger partial charge in [0.25, 0.3) is 5.91 Å². The number of nitrogens with one attached hydrogen (secondary N) is 1. The zero-order chi connectivity index (χ0) is 14.0. The summed E-state index contributed by atoms with van der Waals surface area (Å²) in [4.78, 5) is 31.6. The molecule has 0 aliphatic carbocycles. The maximum Gasteiger partial charge on any atom is 0.325 e. The lowest BCUT2D eigenvalue weighted by Gasteiger charge is -2.38. The van der Waals surface area contributed by atoms with Crippen LogP contribution in [0, 0.1) is 5.92 Å². The highest BCUT2D eigenvalue weighted by Crippen LogP contribution is 2.22. The van der Waals surface area contributed by atoms with Crippen LogP contribution in [0.5, 0.6) is 0 Å². The van der Waals surface area contributed by atoms with Gasteiger partial charge in [0.05, 0.1) is 12.9 Å². The minimum absolute atomic E-state index is 0.288. The molecule has 1 N–H and O–H groups in total. The number of hydrogen-bond donors (Lipinski definition) is 1. The van der Waals surface area contributed by atoms with Crippen molar-refractivity contribution >= 4 is 18.3 Å². The van der Waals surface area contributed by atoms with Crippen molar-refractivity contribution in [1.82, 2.24) is 15.1 Å². The van der Waals surface area contributed by atoms with Crippen LogP contribution in [0.1, 0.15) is 13.8 Å². The van der Waals surface area contributed by atoms with E-state index in [0.717, 1.165) is 0 Å². The van der Waals surface area contributed by atoms with Crippen LogP contribution in [-0.2, 0) is 9.53 Å². The number of amides is 3. The van der Waals surface area contributed by atoms with Crippen LogP contribution in [0.15, 0.2) is 4.99 Å².